The van der Waals surface area contributed by atoms with Gasteiger partial charge in [0.25, 0.3) is 0 Å². The van der Waals surface area contributed by atoms with Crippen molar-refractivity contribution in [1.82, 2.24) is 5.32 Å². The number of phenols is 1. The normalized spacial score (nSPS) is 12.4. The van der Waals surface area contributed by atoms with Crippen molar-refractivity contribution in [3.05, 3.63) is 95.1 Å². The minimum atomic E-state index is -0.466. The summed E-state index contributed by atoms with van der Waals surface area (Å²) in [7, 11) is 0. The summed E-state index contributed by atoms with van der Waals surface area (Å²) >= 11 is 0. The number of amides is 1. The van der Waals surface area contributed by atoms with Gasteiger partial charge < -0.3 is 15.2 Å². The molecule has 1 amide bonds. The molecule has 1 aliphatic rings. The molecule has 3 aromatic rings. The van der Waals surface area contributed by atoms with Crippen LogP contribution in [0.4, 0.5) is 4.79 Å². The Kier molecular flexibility index (Phi) is 6.13. The zero-order valence-corrected chi connectivity index (χ0v) is 17.0. The summed E-state index contributed by atoms with van der Waals surface area (Å²) in [4.78, 5) is 23.2. The van der Waals surface area contributed by atoms with Crippen LogP contribution in [0.2, 0.25) is 0 Å². The van der Waals surface area contributed by atoms with E-state index in [1.54, 1.807) is 24.3 Å². The van der Waals surface area contributed by atoms with Crippen LogP contribution in [0.3, 0.4) is 0 Å². The van der Waals surface area contributed by atoms with Crippen molar-refractivity contribution in [2.45, 2.75) is 12.3 Å². The predicted molar refractivity (Wildman–Crippen MR) is 120 cm³/mol. The van der Waals surface area contributed by atoms with E-state index in [2.05, 4.69) is 29.6 Å². The molecule has 0 radical (unpaired) electrons. The van der Waals surface area contributed by atoms with Crippen LogP contribution in [0.5, 0.6) is 5.75 Å². The summed E-state index contributed by atoms with van der Waals surface area (Å²) in [6.45, 7) is 0.660. The lowest BCUT2D eigenvalue weighted by Gasteiger charge is -2.14. The largest absolute Gasteiger partial charge is 0.507 e. The Balaban J connectivity index is 1.29. The molecular weight excluding hydrogens is 390 g/mol. The van der Waals surface area contributed by atoms with Crippen molar-refractivity contribution in [3.63, 3.8) is 0 Å². The molecule has 5 nitrogen and oxygen atoms in total. The fourth-order valence-corrected chi connectivity index (χ4v) is 3.96. The highest BCUT2D eigenvalue weighted by atomic mass is 16.5. The fraction of sp³-hybridized carbons (Fsp3) is 0.154. The monoisotopic (exact) mass is 413 g/mol. The predicted octanol–water partition coefficient (Wildman–Crippen LogP) is 5.15. The highest BCUT2D eigenvalue weighted by Gasteiger charge is 2.28. The SMILES string of the molecule is O=Cc1cccc(O)c1C=CCCNC(=O)OCC1c2ccccc2-c2ccccc21. The molecular formula is C26H23NO4. The lowest BCUT2D eigenvalue weighted by Crippen LogP contribution is -2.26. The maximum atomic E-state index is 12.2. The molecule has 5 heteroatoms. The summed E-state index contributed by atoms with van der Waals surface area (Å²) < 4.78 is 5.50. The van der Waals surface area contributed by atoms with E-state index in [1.807, 2.05) is 24.3 Å². The second-order valence-electron chi connectivity index (χ2n) is 7.34. The summed E-state index contributed by atoms with van der Waals surface area (Å²) in [5.74, 6) is 0.0752. The number of fused-ring (bicyclic) bond motifs is 3. The third kappa shape index (κ3) is 4.36. The standard InChI is InChI=1S/C26H23NO4/c28-16-18-8-7-14-25(29)19(18)9-5-6-15-27-26(30)31-17-24-22-12-3-1-10-20(22)21-11-2-4-13-23(21)24/h1-5,7-14,16,24,29H,6,15,17H2,(H,27,30). The van der Waals surface area contributed by atoms with Gasteiger partial charge in [0, 0.05) is 23.6 Å². The van der Waals surface area contributed by atoms with E-state index in [9.17, 15) is 14.7 Å². The zero-order chi connectivity index (χ0) is 21.6. The van der Waals surface area contributed by atoms with Crippen LogP contribution < -0.4 is 5.32 Å². The van der Waals surface area contributed by atoms with Crippen LogP contribution in [0.25, 0.3) is 17.2 Å². The molecule has 0 saturated heterocycles. The summed E-state index contributed by atoms with van der Waals surface area (Å²) in [5.41, 5.74) is 5.62. The van der Waals surface area contributed by atoms with Gasteiger partial charge in [0.15, 0.2) is 6.29 Å². The first-order chi connectivity index (χ1) is 15.2. The third-order valence-electron chi connectivity index (χ3n) is 5.45. The maximum absolute atomic E-state index is 12.2. The van der Waals surface area contributed by atoms with E-state index >= 15 is 0 Å². The summed E-state index contributed by atoms with van der Waals surface area (Å²) in [6, 6.07) is 21.2. The number of rotatable bonds is 7. The molecule has 0 bridgehead atoms. The van der Waals surface area contributed by atoms with Crippen molar-refractivity contribution >= 4 is 18.5 Å². The number of nitrogens with one attached hydrogen (secondary N) is 1. The van der Waals surface area contributed by atoms with Gasteiger partial charge in [-0.15, -0.1) is 0 Å². The van der Waals surface area contributed by atoms with Gasteiger partial charge in [0.2, 0.25) is 0 Å². The minimum absolute atomic E-state index is 0.0286. The van der Waals surface area contributed by atoms with Crippen molar-refractivity contribution in [3.8, 4) is 16.9 Å². The van der Waals surface area contributed by atoms with E-state index in [-0.39, 0.29) is 18.3 Å². The molecule has 1 aliphatic carbocycles. The van der Waals surface area contributed by atoms with E-state index in [0.29, 0.717) is 30.4 Å². The second-order valence-corrected chi connectivity index (χ2v) is 7.34. The van der Waals surface area contributed by atoms with Gasteiger partial charge in [-0.1, -0.05) is 72.8 Å². The lowest BCUT2D eigenvalue weighted by atomic mass is 9.98. The Morgan fingerprint density at radius 2 is 1.65 bits per heavy atom. The first-order valence-corrected chi connectivity index (χ1v) is 10.2. The molecule has 0 heterocycles. The third-order valence-corrected chi connectivity index (χ3v) is 5.45. The Labute approximate surface area is 181 Å². The Bertz CT molecular complexity index is 1090. The number of hydrogen-bond acceptors (Lipinski definition) is 4. The molecule has 0 spiro atoms. The molecule has 2 N–H and O–H groups in total. The topological polar surface area (TPSA) is 75.6 Å². The lowest BCUT2D eigenvalue weighted by molar-refractivity contribution is 0.112. The Hall–Kier alpha value is -3.86. The highest BCUT2D eigenvalue weighted by Crippen LogP contribution is 2.44. The van der Waals surface area contributed by atoms with Crippen LogP contribution in [0, 0.1) is 0 Å². The number of aromatic hydroxyl groups is 1. The van der Waals surface area contributed by atoms with Crippen LogP contribution >= 0.6 is 0 Å². The van der Waals surface area contributed by atoms with Crippen LogP contribution in [-0.2, 0) is 4.74 Å². The van der Waals surface area contributed by atoms with Crippen molar-refractivity contribution in [1.29, 1.82) is 0 Å². The quantitative estimate of drug-likeness (QED) is 0.415. The maximum Gasteiger partial charge on any atom is 0.407 e. The average molecular weight is 413 g/mol. The average Bonchev–Trinajstić information content (AvgIpc) is 3.12. The summed E-state index contributed by atoms with van der Waals surface area (Å²) in [6.07, 6.45) is 4.25. The second kappa shape index (κ2) is 9.30. The number of carbonyl (C=O) groups is 2. The number of alkyl carbamates (subject to hydrolysis) is 1. The van der Waals surface area contributed by atoms with Gasteiger partial charge in [-0.3, -0.25) is 4.79 Å². The summed E-state index contributed by atoms with van der Waals surface area (Å²) in [5, 5.41) is 12.6. The highest BCUT2D eigenvalue weighted by molar-refractivity contribution is 5.84. The number of hydrogen-bond donors (Lipinski definition) is 2. The van der Waals surface area contributed by atoms with E-state index in [0.717, 1.165) is 0 Å². The number of benzene rings is 3. The first-order valence-electron chi connectivity index (χ1n) is 10.2. The van der Waals surface area contributed by atoms with Gasteiger partial charge in [0.1, 0.15) is 12.4 Å². The van der Waals surface area contributed by atoms with Crippen LogP contribution in [0.1, 0.15) is 39.4 Å². The number of ether oxygens (including phenoxy) is 1. The molecule has 4 rings (SSSR count). The Morgan fingerprint density at radius 1 is 0.968 bits per heavy atom. The molecule has 156 valence electrons. The van der Waals surface area contributed by atoms with Crippen LogP contribution in [-0.4, -0.2) is 30.6 Å². The van der Waals surface area contributed by atoms with Gasteiger partial charge in [-0.25, -0.2) is 4.79 Å². The zero-order valence-electron chi connectivity index (χ0n) is 17.0. The van der Waals surface area contributed by atoms with Crippen molar-refractivity contribution < 1.29 is 19.4 Å². The van der Waals surface area contributed by atoms with Crippen molar-refractivity contribution in [2.75, 3.05) is 13.2 Å². The fourth-order valence-electron chi connectivity index (χ4n) is 3.96. The smallest absolute Gasteiger partial charge is 0.407 e. The number of carbonyl (C=O) groups excluding carboxylic acids is 2. The number of phenolic OH excluding ortho intramolecular Hbond substituents is 1. The van der Waals surface area contributed by atoms with Gasteiger partial charge in [-0.2, -0.15) is 0 Å². The van der Waals surface area contributed by atoms with Gasteiger partial charge in [0.05, 0.1) is 0 Å². The van der Waals surface area contributed by atoms with E-state index in [4.69, 9.17) is 4.74 Å². The van der Waals surface area contributed by atoms with Crippen LogP contribution in [0.15, 0.2) is 72.8 Å². The molecule has 0 saturated carbocycles. The molecule has 0 atom stereocenters. The van der Waals surface area contributed by atoms with E-state index < -0.39 is 6.09 Å². The molecule has 0 unspecified atom stereocenters. The molecule has 31 heavy (non-hydrogen) atoms. The van der Waals surface area contributed by atoms with Gasteiger partial charge >= 0.3 is 6.09 Å². The molecule has 0 aliphatic heterocycles. The first kappa shape index (κ1) is 20.4. The van der Waals surface area contributed by atoms with Crippen molar-refractivity contribution in [2.24, 2.45) is 0 Å². The molecule has 0 fully saturated rings. The minimum Gasteiger partial charge on any atom is -0.507 e. The molecule has 3 aromatic carbocycles. The Morgan fingerprint density at radius 3 is 2.32 bits per heavy atom. The van der Waals surface area contributed by atoms with Gasteiger partial charge in [-0.05, 0) is 34.7 Å². The number of aldehydes is 1. The molecule has 0 aromatic heterocycles. The van der Waals surface area contributed by atoms with E-state index in [1.165, 1.54) is 28.3 Å².